The molecule has 0 saturated heterocycles. The third-order valence-electron chi connectivity index (χ3n) is 2.18. The van der Waals surface area contributed by atoms with Crippen LogP contribution in [0.2, 0.25) is 0 Å². The number of carbonyl (C=O) groups is 1. The third-order valence-corrected chi connectivity index (χ3v) is 3.17. The summed E-state index contributed by atoms with van der Waals surface area (Å²) in [6, 6.07) is 4.08. The van der Waals surface area contributed by atoms with Gasteiger partial charge >= 0.3 is 11.7 Å². The van der Waals surface area contributed by atoms with E-state index in [2.05, 4.69) is 0 Å². The summed E-state index contributed by atoms with van der Waals surface area (Å²) in [4.78, 5) is 10.4. The second-order valence-electron chi connectivity index (χ2n) is 3.65. The van der Waals surface area contributed by atoms with E-state index in [1.165, 1.54) is 24.3 Å². The minimum absolute atomic E-state index is 0.0593. The molecular formula is C11H11F2NO4S. The van der Waals surface area contributed by atoms with Gasteiger partial charge in [-0.3, -0.25) is 4.72 Å². The minimum Gasteiger partial charge on any atom is -0.478 e. The van der Waals surface area contributed by atoms with Crippen LogP contribution in [0.15, 0.2) is 24.3 Å². The summed E-state index contributed by atoms with van der Waals surface area (Å²) in [6.07, 6.45) is 2.12. The monoisotopic (exact) mass is 291 g/mol. The number of aryl methyl sites for hydroxylation is 1. The Kier molecular flexibility index (Phi) is 4.60. The van der Waals surface area contributed by atoms with Gasteiger partial charge in [0.15, 0.2) is 0 Å². The molecule has 0 fully saturated rings. The number of carboxylic acids is 1. The van der Waals surface area contributed by atoms with Crippen LogP contribution in [0.4, 0.5) is 14.5 Å². The molecule has 0 aliphatic carbocycles. The Bertz CT molecular complexity index is 611. The lowest BCUT2D eigenvalue weighted by Gasteiger charge is -2.09. The molecule has 104 valence electrons. The fourth-order valence-corrected chi connectivity index (χ4v) is 1.80. The Labute approximate surface area is 108 Å². The van der Waals surface area contributed by atoms with E-state index in [0.29, 0.717) is 11.1 Å². The van der Waals surface area contributed by atoms with Crippen molar-refractivity contribution in [2.24, 2.45) is 0 Å². The highest BCUT2D eigenvalue weighted by atomic mass is 32.2. The van der Waals surface area contributed by atoms with Gasteiger partial charge in [-0.2, -0.15) is 8.78 Å². The average Bonchev–Trinajstić information content (AvgIpc) is 2.29. The number of rotatable bonds is 5. The predicted octanol–water partition coefficient (Wildman–Crippen LogP) is 2.06. The molecule has 0 heterocycles. The zero-order chi connectivity index (χ0) is 14.6. The molecule has 0 bridgehead atoms. The van der Waals surface area contributed by atoms with E-state index < -0.39 is 21.8 Å². The van der Waals surface area contributed by atoms with Crippen molar-refractivity contribution in [1.82, 2.24) is 0 Å². The van der Waals surface area contributed by atoms with Crippen molar-refractivity contribution in [2.45, 2.75) is 12.7 Å². The summed E-state index contributed by atoms with van der Waals surface area (Å²) >= 11 is 0. The van der Waals surface area contributed by atoms with Gasteiger partial charge in [0.2, 0.25) is 0 Å². The van der Waals surface area contributed by atoms with E-state index in [1.807, 2.05) is 0 Å². The van der Waals surface area contributed by atoms with E-state index in [1.54, 1.807) is 11.6 Å². The van der Waals surface area contributed by atoms with E-state index in [4.69, 9.17) is 5.11 Å². The predicted molar refractivity (Wildman–Crippen MR) is 66.4 cm³/mol. The van der Waals surface area contributed by atoms with Crippen LogP contribution in [0.1, 0.15) is 11.1 Å². The molecule has 0 amide bonds. The standard InChI is InChI=1S/C11H11F2NO4S/c1-7-2-4-9(14-19(17,18)11(12)13)6-8(7)3-5-10(15)16/h2-6,11,14H,1H3,(H,15,16)/b5-3+. The molecule has 0 aliphatic heterocycles. The molecule has 2 N–H and O–H groups in total. The molecule has 1 aromatic rings. The molecule has 0 aromatic heterocycles. The summed E-state index contributed by atoms with van der Waals surface area (Å²) in [5.74, 6) is -4.70. The first-order valence-electron chi connectivity index (χ1n) is 5.04. The Morgan fingerprint density at radius 3 is 2.58 bits per heavy atom. The highest BCUT2D eigenvalue weighted by molar-refractivity contribution is 7.93. The molecule has 1 aromatic carbocycles. The molecule has 8 heteroatoms. The molecule has 5 nitrogen and oxygen atoms in total. The van der Waals surface area contributed by atoms with Crippen molar-refractivity contribution < 1.29 is 27.1 Å². The van der Waals surface area contributed by atoms with Crippen molar-refractivity contribution in [2.75, 3.05) is 4.72 Å². The van der Waals surface area contributed by atoms with Gasteiger partial charge in [-0.15, -0.1) is 0 Å². The summed E-state index contributed by atoms with van der Waals surface area (Å²) in [5, 5.41) is 8.50. The van der Waals surface area contributed by atoms with Crippen molar-refractivity contribution in [3.05, 3.63) is 35.4 Å². The highest BCUT2D eigenvalue weighted by Crippen LogP contribution is 2.19. The number of sulfonamides is 1. The van der Waals surface area contributed by atoms with Gasteiger partial charge in [0.05, 0.1) is 0 Å². The fraction of sp³-hybridized carbons (Fsp3) is 0.182. The number of halogens is 2. The van der Waals surface area contributed by atoms with Crippen molar-refractivity contribution in [3.63, 3.8) is 0 Å². The zero-order valence-corrected chi connectivity index (χ0v) is 10.6. The maximum Gasteiger partial charge on any atom is 0.355 e. The number of benzene rings is 1. The Morgan fingerprint density at radius 1 is 1.42 bits per heavy atom. The Morgan fingerprint density at radius 2 is 2.05 bits per heavy atom. The number of carboxylic acid groups (broad SMARTS) is 1. The van der Waals surface area contributed by atoms with Crippen molar-refractivity contribution in [3.8, 4) is 0 Å². The van der Waals surface area contributed by atoms with Crippen molar-refractivity contribution in [1.29, 1.82) is 0 Å². The van der Waals surface area contributed by atoms with Crippen LogP contribution in [0.3, 0.4) is 0 Å². The summed E-state index contributed by atoms with van der Waals surface area (Å²) < 4.78 is 48.1. The zero-order valence-electron chi connectivity index (χ0n) is 9.80. The van der Waals surface area contributed by atoms with Gasteiger partial charge in [0.1, 0.15) is 0 Å². The quantitative estimate of drug-likeness (QED) is 0.813. The molecule has 0 aliphatic rings. The van der Waals surface area contributed by atoms with Crippen LogP contribution in [0.25, 0.3) is 6.08 Å². The normalized spacial score (nSPS) is 12.0. The summed E-state index contributed by atoms with van der Waals surface area (Å²) in [6.45, 7) is 1.67. The average molecular weight is 291 g/mol. The molecule has 19 heavy (non-hydrogen) atoms. The van der Waals surface area contributed by atoms with Crippen LogP contribution >= 0.6 is 0 Å². The number of nitrogens with one attached hydrogen (secondary N) is 1. The Hall–Kier alpha value is -1.96. The number of aliphatic carboxylic acids is 1. The summed E-state index contributed by atoms with van der Waals surface area (Å²) in [7, 11) is -4.74. The smallest absolute Gasteiger partial charge is 0.355 e. The van der Waals surface area contributed by atoms with Crippen LogP contribution in [0.5, 0.6) is 0 Å². The van der Waals surface area contributed by atoms with E-state index >= 15 is 0 Å². The van der Waals surface area contributed by atoms with Gasteiger partial charge in [-0.1, -0.05) is 6.07 Å². The molecule has 0 saturated carbocycles. The molecule has 1 rings (SSSR count). The first kappa shape index (κ1) is 15.1. The summed E-state index contributed by atoms with van der Waals surface area (Å²) in [5.41, 5.74) is 1.03. The fourth-order valence-electron chi connectivity index (χ4n) is 1.25. The maximum atomic E-state index is 12.2. The molecule has 0 radical (unpaired) electrons. The second-order valence-corrected chi connectivity index (χ2v) is 5.30. The third kappa shape index (κ3) is 4.32. The van der Waals surface area contributed by atoms with Crippen LogP contribution < -0.4 is 4.72 Å². The number of anilines is 1. The lowest BCUT2D eigenvalue weighted by atomic mass is 10.1. The van der Waals surface area contributed by atoms with Gasteiger partial charge in [-0.05, 0) is 36.3 Å². The van der Waals surface area contributed by atoms with Crippen LogP contribution in [-0.2, 0) is 14.8 Å². The van der Waals surface area contributed by atoms with E-state index in [9.17, 15) is 22.0 Å². The molecule has 0 atom stereocenters. The number of hydrogen-bond donors (Lipinski definition) is 2. The molecule has 0 unspecified atom stereocenters. The Balaban J connectivity index is 3.07. The lowest BCUT2D eigenvalue weighted by Crippen LogP contribution is -2.20. The van der Waals surface area contributed by atoms with Gasteiger partial charge in [0, 0.05) is 11.8 Å². The molecule has 0 spiro atoms. The lowest BCUT2D eigenvalue weighted by molar-refractivity contribution is -0.131. The first-order chi connectivity index (χ1) is 8.72. The first-order valence-corrected chi connectivity index (χ1v) is 6.58. The van der Waals surface area contributed by atoms with Gasteiger partial charge < -0.3 is 5.11 Å². The largest absolute Gasteiger partial charge is 0.478 e. The van der Waals surface area contributed by atoms with Gasteiger partial charge in [0.25, 0.3) is 10.0 Å². The number of alkyl halides is 2. The van der Waals surface area contributed by atoms with Crippen LogP contribution in [-0.4, -0.2) is 25.3 Å². The SMILES string of the molecule is Cc1ccc(NS(=O)(=O)C(F)F)cc1/C=C/C(=O)O. The van der Waals surface area contributed by atoms with Crippen molar-refractivity contribution >= 4 is 27.8 Å². The van der Waals surface area contributed by atoms with E-state index in [0.717, 1.165) is 6.08 Å². The number of hydrogen-bond acceptors (Lipinski definition) is 3. The molecular weight excluding hydrogens is 280 g/mol. The second kappa shape index (κ2) is 5.79. The van der Waals surface area contributed by atoms with E-state index in [-0.39, 0.29) is 5.69 Å². The topological polar surface area (TPSA) is 83.5 Å². The maximum absolute atomic E-state index is 12.2. The highest BCUT2D eigenvalue weighted by Gasteiger charge is 2.23. The van der Waals surface area contributed by atoms with Crippen LogP contribution in [0, 0.1) is 6.92 Å². The van der Waals surface area contributed by atoms with Gasteiger partial charge in [-0.25, -0.2) is 13.2 Å². The minimum atomic E-state index is -4.74.